The van der Waals surface area contributed by atoms with E-state index in [1.807, 2.05) is 56.3 Å². The molecule has 6 heteroatoms. The van der Waals surface area contributed by atoms with Crippen molar-refractivity contribution in [3.05, 3.63) is 100 Å². The fraction of sp³-hybridized carbons (Fsp3) is 0.281. The van der Waals surface area contributed by atoms with Crippen molar-refractivity contribution >= 4 is 0 Å². The summed E-state index contributed by atoms with van der Waals surface area (Å²) in [7, 11) is 1.48. The van der Waals surface area contributed by atoms with E-state index in [9.17, 15) is 9.50 Å². The van der Waals surface area contributed by atoms with Gasteiger partial charge in [0.05, 0.1) is 19.4 Å². The van der Waals surface area contributed by atoms with Crippen LogP contribution in [0.15, 0.2) is 66.7 Å². The third kappa shape index (κ3) is 5.97. The molecule has 38 heavy (non-hydrogen) atoms. The number of aromatic nitrogens is 1. The van der Waals surface area contributed by atoms with Gasteiger partial charge < -0.3 is 19.3 Å². The van der Waals surface area contributed by atoms with E-state index >= 15 is 0 Å². The lowest BCUT2D eigenvalue weighted by atomic mass is 9.84. The maximum atomic E-state index is 13.9. The molecule has 4 aromatic rings. The van der Waals surface area contributed by atoms with Gasteiger partial charge in [0.1, 0.15) is 23.9 Å². The fourth-order valence-electron chi connectivity index (χ4n) is 4.30. The minimum absolute atomic E-state index is 0.137. The van der Waals surface area contributed by atoms with Gasteiger partial charge in [0, 0.05) is 29.0 Å². The summed E-state index contributed by atoms with van der Waals surface area (Å²) in [6.07, 6.45) is 0. The van der Waals surface area contributed by atoms with Crippen molar-refractivity contribution in [2.45, 2.75) is 53.2 Å². The van der Waals surface area contributed by atoms with Crippen molar-refractivity contribution in [2.75, 3.05) is 7.11 Å². The van der Waals surface area contributed by atoms with E-state index < -0.39 is 5.82 Å². The lowest BCUT2D eigenvalue weighted by Crippen LogP contribution is -2.12. The number of hydrogen-bond donors (Lipinski definition) is 1. The minimum Gasteiger partial charge on any atom is -0.493 e. The molecule has 198 valence electrons. The van der Waals surface area contributed by atoms with Crippen molar-refractivity contribution < 1.29 is 23.7 Å². The summed E-state index contributed by atoms with van der Waals surface area (Å²) in [5.74, 6) is 1.40. The first-order valence-corrected chi connectivity index (χ1v) is 12.6. The third-order valence-electron chi connectivity index (χ3n) is 6.45. The van der Waals surface area contributed by atoms with Crippen LogP contribution in [0, 0.1) is 19.7 Å². The molecule has 0 fully saturated rings. The van der Waals surface area contributed by atoms with Crippen molar-refractivity contribution in [3.8, 4) is 34.3 Å². The van der Waals surface area contributed by atoms with E-state index in [1.165, 1.54) is 19.2 Å². The van der Waals surface area contributed by atoms with Crippen LogP contribution in [0.3, 0.4) is 0 Å². The van der Waals surface area contributed by atoms with Gasteiger partial charge in [0.25, 0.3) is 0 Å². The Morgan fingerprint density at radius 3 is 2.26 bits per heavy atom. The molecule has 0 bridgehead atoms. The number of aliphatic hydroxyl groups excluding tert-OH is 1. The molecule has 1 N–H and O–H groups in total. The molecule has 0 amide bonds. The molecule has 0 aliphatic carbocycles. The van der Waals surface area contributed by atoms with Gasteiger partial charge in [0.15, 0.2) is 11.5 Å². The number of methoxy groups -OCH3 is 1. The van der Waals surface area contributed by atoms with Crippen LogP contribution in [0.1, 0.15) is 48.7 Å². The van der Waals surface area contributed by atoms with Crippen LogP contribution >= 0.6 is 0 Å². The number of benzene rings is 3. The Hall–Kier alpha value is -3.90. The third-order valence-corrected chi connectivity index (χ3v) is 6.45. The average Bonchev–Trinajstić information content (AvgIpc) is 2.88. The molecule has 0 saturated carbocycles. The molecular weight excluding hydrogens is 481 g/mol. The molecule has 3 aromatic carbocycles. The quantitative estimate of drug-likeness (QED) is 0.261. The number of aliphatic hydroxyl groups is 1. The number of nitrogens with zero attached hydrogens (tertiary/aromatic N) is 1. The Balaban J connectivity index is 1.85. The van der Waals surface area contributed by atoms with Crippen molar-refractivity contribution in [2.24, 2.45) is 0 Å². The van der Waals surface area contributed by atoms with E-state index in [0.29, 0.717) is 46.6 Å². The molecule has 0 radical (unpaired) electrons. The fourth-order valence-corrected chi connectivity index (χ4v) is 4.30. The molecule has 0 saturated heterocycles. The van der Waals surface area contributed by atoms with Gasteiger partial charge in [-0.25, -0.2) is 4.39 Å². The standard InChI is InChI=1S/C32H34FNO4/c1-20-14-23(32(3,4)5)15-30(38-27-13-12-24(33)16-29(27)36-6)31(20)26-17-28(25(18-35)21(2)34-26)37-19-22-10-8-7-9-11-22/h7-17,35H,18-19H2,1-6H3. The van der Waals surface area contributed by atoms with Gasteiger partial charge >= 0.3 is 0 Å². The number of hydrogen-bond acceptors (Lipinski definition) is 5. The number of halogens is 1. The normalized spacial score (nSPS) is 11.4. The zero-order valence-electron chi connectivity index (χ0n) is 22.8. The van der Waals surface area contributed by atoms with Crippen molar-refractivity contribution in [1.82, 2.24) is 4.98 Å². The predicted molar refractivity (Wildman–Crippen MR) is 148 cm³/mol. The van der Waals surface area contributed by atoms with E-state index in [4.69, 9.17) is 19.2 Å². The molecule has 0 spiro atoms. The Kier molecular flexibility index (Phi) is 8.02. The van der Waals surface area contributed by atoms with Crippen LogP contribution in [-0.2, 0) is 18.6 Å². The van der Waals surface area contributed by atoms with Crippen molar-refractivity contribution in [1.29, 1.82) is 0 Å². The van der Waals surface area contributed by atoms with E-state index in [1.54, 1.807) is 6.07 Å². The summed E-state index contributed by atoms with van der Waals surface area (Å²) in [6, 6.07) is 20.0. The number of ether oxygens (including phenoxy) is 3. The predicted octanol–water partition coefficient (Wildman–Crippen LogP) is 7.67. The first-order valence-electron chi connectivity index (χ1n) is 12.6. The monoisotopic (exact) mass is 515 g/mol. The lowest BCUT2D eigenvalue weighted by molar-refractivity contribution is 0.257. The topological polar surface area (TPSA) is 60.8 Å². The maximum absolute atomic E-state index is 13.9. The second-order valence-electron chi connectivity index (χ2n) is 10.3. The molecule has 0 aliphatic heterocycles. The summed E-state index contributed by atoms with van der Waals surface area (Å²) in [6.45, 7) is 10.4. The van der Waals surface area contributed by atoms with Crippen LogP contribution < -0.4 is 14.2 Å². The molecule has 0 unspecified atom stereocenters. The van der Waals surface area contributed by atoms with Gasteiger partial charge in [-0.15, -0.1) is 0 Å². The summed E-state index contributed by atoms with van der Waals surface area (Å²) < 4.78 is 31.8. The highest BCUT2D eigenvalue weighted by Gasteiger charge is 2.23. The molecule has 4 rings (SSSR count). The number of aryl methyl sites for hydroxylation is 2. The smallest absolute Gasteiger partial charge is 0.169 e. The second kappa shape index (κ2) is 11.2. The Morgan fingerprint density at radius 1 is 0.868 bits per heavy atom. The molecule has 1 heterocycles. The summed E-state index contributed by atoms with van der Waals surface area (Å²) in [4.78, 5) is 4.83. The summed E-state index contributed by atoms with van der Waals surface area (Å²) in [5.41, 5.74) is 5.66. The number of pyridine rings is 1. The van der Waals surface area contributed by atoms with E-state index in [2.05, 4.69) is 26.8 Å². The lowest BCUT2D eigenvalue weighted by Gasteiger charge is -2.24. The van der Waals surface area contributed by atoms with E-state index in [-0.39, 0.29) is 12.0 Å². The van der Waals surface area contributed by atoms with Crippen LogP contribution in [0.5, 0.6) is 23.0 Å². The maximum Gasteiger partial charge on any atom is 0.169 e. The highest BCUT2D eigenvalue weighted by Crippen LogP contribution is 2.42. The molecule has 1 aromatic heterocycles. The van der Waals surface area contributed by atoms with Gasteiger partial charge in [-0.1, -0.05) is 57.2 Å². The summed E-state index contributed by atoms with van der Waals surface area (Å²) in [5, 5.41) is 10.1. The van der Waals surface area contributed by atoms with Gasteiger partial charge in [-0.3, -0.25) is 4.98 Å². The summed E-state index contributed by atoms with van der Waals surface area (Å²) >= 11 is 0. The van der Waals surface area contributed by atoms with E-state index in [0.717, 1.165) is 22.3 Å². The SMILES string of the molecule is COc1cc(F)ccc1Oc1cc(C(C)(C)C)cc(C)c1-c1cc(OCc2ccccc2)c(CO)c(C)n1. The molecule has 0 atom stereocenters. The highest BCUT2D eigenvalue weighted by atomic mass is 19.1. The molecule has 5 nitrogen and oxygen atoms in total. The highest BCUT2D eigenvalue weighted by molar-refractivity contribution is 5.74. The molecule has 0 aliphatic rings. The minimum atomic E-state index is -0.411. The van der Waals surface area contributed by atoms with Gasteiger partial charge in [-0.2, -0.15) is 0 Å². The van der Waals surface area contributed by atoms with Gasteiger partial charge in [-0.05, 0) is 54.2 Å². The van der Waals surface area contributed by atoms with Crippen LogP contribution in [0.4, 0.5) is 4.39 Å². The Labute approximate surface area is 223 Å². The first kappa shape index (κ1) is 27.1. The van der Waals surface area contributed by atoms with Crippen LogP contribution in [-0.4, -0.2) is 17.2 Å². The zero-order chi connectivity index (χ0) is 27.4. The number of rotatable bonds is 8. The van der Waals surface area contributed by atoms with Crippen molar-refractivity contribution in [3.63, 3.8) is 0 Å². The van der Waals surface area contributed by atoms with Crippen LogP contribution in [0.25, 0.3) is 11.3 Å². The zero-order valence-corrected chi connectivity index (χ0v) is 22.8. The average molecular weight is 516 g/mol. The Morgan fingerprint density at radius 2 is 1.61 bits per heavy atom. The Bertz CT molecular complexity index is 1430. The largest absolute Gasteiger partial charge is 0.493 e. The van der Waals surface area contributed by atoms with Gasteiger partial charge in [0.2, 0.25) is 0 Å². The second-order valence-corrected chi connectivity index (χ2v) is 10.3. The van der Waals surface area contributed by atoms with Crippen LogP contribution in [0.2, 0.25) is 0 Å². The first-order chi connectivity index (χ1) is 18.1. The molecular formula is C32H34FNO4.